The Kier molecular flexibility index (Phi) is 10.4. The summed E-state index contributed by atoms with van der Waals surface area (Å²) < 4.78 is 31.8. The first-order chi connectivity index (χ1) is 16.5. The molecule has 0 saturated heterocycles. The SMILES string of the molecule is CC[C@@H](C)NC(=O)[C@H](CC)N(Cc1ccccc1Cl)C(=O)CN(c1ccccc1OC)S(C)(=O)=O. The summed E-state index contributed by atoms with van der Waals surface area (Å²) >= 11 is 6.36. The van der Waals surface area contributed by atoms with Crippen LogP contribution >= 0.6 is 11.6 Å². The lowest BCUT2D eigenvalue weighted by atomic mass is 10.1. The van der Waals surface area contributed by atoms with Gasteiger partial charge in [0.15, 0.2) is 0 Å². The predicted molar refractivity (Wildman–Crippen MR) is 139 cm³/mol. The molecule has 0 heterocycles. The van der Waals surface area contributed by atoms with Crippen LogP contribution in [0, 0.1) is 0 Å². The molecule has 0 aliphatic heterocycles. The first-order valence-corrected chi connectivity index (χ1v) is 13.7. The zero-order chi connectivity index (χ0) is 26.2. The molecule has 10 heteroatoms. The van der Waals surface area contributed by atoms with Crippen LogP contribution in [0.1, 0.15) is 39.2 Å². The van der Waals surface area contributed by atoms with E-state index < -0.39 is 28.5 Å². The average Bonchev–Trinajstić information content (AvgIpc) is 2.82. The third kappa shape index (κ3) is 7.60. The molecule has 0 aliphatic rings. The fourth-order valence-electron chi connectivity index (χ4n) is 3.60. The maximum atomic E-state index is 13.7. The number of benzene rings is 2. The van der Waals surface area contributed by atoms with Crippen molar-refractivity contribution in [3.8, 4) is 5.75 Å². The zero-order valence-electron chi connectivity index (χ0n) is 20.8. The molecule has 2 aromatic rings. The van der Waals surface area contributed by atoms with Crippen LogP contribution < -0.4 is 14.4 Å². The number of hydrogen-bond donors (Lipinski definition) is 1. The molecule has 35 heavy (non-hydrogen) atoms. The van der Waals surface area contributed by atoms with E-state index >= 15 is 0 Å². The fourth-order valence-corrected chi connectivity index (χ4v) is 4.65. The highest BCUT2D eigenvalue weighted by atomic mass is 35.5. The normalized spacial score (nSPS) is 13.0. The van der Waals surface area contributed by atoms with E-state index in [1.165, 1.54) is 12.0 Å². The highest BCUT2D eigenvalue weighted by Gasteiger charge is 2.33. The van der Waals surface area contributed by atoms with E-state index in [1.54, 1.807) is 48.5 Å². The third-order valence-electron chi connectivity index (χ3n) is 5.72. The number of para-hydroxylation sites is 2. The lowest BCUT2D eigenvalue weighted by Crippen LogP contribution is -2.53. The second-order valence-corrected chi connectivity index (χ2v) is 10.6. The molecule has 0 bridgehead atoms. The van der Waals surface area contributed by atoms with E-state index in [9.17, 15) is 18.0 Å². The largest absolute Gasteiger partial charge is 0.495 e. The molecule has 0 saturated carbocycles. The number of nitrogens with one attached hydrogen (secondary N) is 1. The van der Waals surface area contributed by atoms with E-state index in [0.717, 1.165) is 17.0 Å². The monoisotopic (exact) mass is 523 g/mol. The molecular formula is C25H34ClN3O5S. The average molecular weight is 524 g/mol. The lowest BCUT2D eigenvalue weighted by Gasteiger charge is -2.33. The second kappa shape index (κ2) is 12.8. The smallest absolute Gasteiger partial charge is 0.244 e. The number of methoxy groups -OCH3 is 1. The van der Waals surface area contributed by atoms with Crippen molar-refractivity contribution in [2.24, 2.45) is 0 Å². The van der Waals surface area contributed by atoms with Gasteiger partial charge in [0.2, 0.25) is 21.8 Å². The number of carbonyl (C=O) groups excluding carboxylic acids is 2. The maximum Gasteiger partial charge on any atom is 0.244 e. The van der Waals surface area contributed by atoms with Crippen molar-refractivity contribution in [1.82, 2.24) is 10.2 Å². The number of rotatable bonds is 12. The van der Waals surface area contributed by atoms with Gasteiger partial charge in [-0.3, -0.25) is 13.9 Å². The Balaban J connectivity index is 2.49. The lowest BCUT2D eigenvalue weighted by molar-refractivity contribution is -0.140. The molecule has 192 valence electrons. The van der Waals surface area contributed by atoms with Crippen molar-refractivity contribution in [2.45, 2.75) is 52.2 Å². The van der Waals surface area contributed by atoms with Crippen LogP contribution in [0.25, 0.3) is 0 Å². The van der Waals surface area contributed by atoms with Gasteiger partial charge < -0.3 is 15.0 Å². The number of carbonyl (C=O) groups is 2. The Morgan fingerprint density at radius 1 is 1.06 bits per heavy atom. The highest BCUT2D eigenvalue weighted by Crippen LogP contribution is 2.30. The van der Waals surface area contributed by atoms with Crippen molar-refractivity contribution in [3.63, 3.8) is 0 Å². The molecular weight excluding hydrogens is 490 g/mol. The number of anilines is 1. The number of halogens is 1. The molecule has 0 unspecified atom stereocenters. The van der Waals surface area contributed by atoms with Crippen LogP contribution in [0.5, 0.6) is 5.75 Å². The van der Waals surface area contributed by atoms with E-state index in [2.05, 4.69) is 5.32 Å². The summed E-state index contributed by atoms with van der Waals surface area (Å²) in [6.45, 7) is 5.20. The zero-order valence-corrected chi connectivity index (χ0v) is 22.4. The van der Waals surface area contributed by atoms with Gasteiger partial charge in [-0.1, -0.05) is 55.8 Å². The molecule has 0 aromatic heterocycles. The van der Waals surface area contributed by atoms with Crippen molar-refractivity contribution in [1.29, 1.82) is 0 Å². The molecule has 0 spiro atoms. The minimum absolute atomic E-state index is 0.0501. The van der Waals surface area contributed by atoms with Gasteiger partial charge in [-0.2, -0.15) is 0 Å². The van der Waals surface area contributed by atoms with E-state index in [-0.39, 0.29) is 24.2 Å². The fraction of sp³-hybridized carbons (Fsp3) is 0.440. The van der Waals surface area contributed by atoms with Gasteiger partial charge in [-0.15, -0.1) is 0 Å². The molecule has 2 amide bonds. The van der Waals surface area contributed by atoms with Gasteiger partial charge in [0.25, 0.3) is 0 Å². The number of nitrogens with zero attached hydrogens (tertiary/aromatic N) is 2. The van der Waals surface area contributed by atoms with Crippen LogP contribution in [0.2, 0.25) is 5.02 Å². The Bertz CT molecular complexity index is 1130. The number of ether oxygens (including phenoxy) is 1. The minimum Gasteiger partial charge on any atom is -0.495 e. The first-order valence-electron chi connectivity index (χ1n) is 11.5. The van der Waals surface area contributed by atoms with Gasteiger partial charge >= 0.3 is 0 Å². The van der Waals surface area contributed by atoms with Crippen molar-refractivity contribution < 1.29 is 22.7 Å². The predicted octanol–water partition coefficient (Wildman–Crippen LogP) is 3.84. The molecule has 1 N–H and O–H groups in total. The Labute approximate surface area is 213 Å². The molecule has 2 aromatic carbocycles. The third-order valence-corrected chi connectivity index (χ3v) is 7.21. The van der Waals surface area contributed by atoms with Gasteiger partial charge in [0.1, 0.15) is 18.3 Å². The van der Waals surface area contributed by atoms with Crippen molar-refractivity contribution in [3.05, 3.63) is 59.1 Å². The van der Waals surface area contributed by atoms with Crippen LogP contribution in [0.3, 0.4) is 0 Å². The first kappa shape index (κ1) is 28.5. The van der Waals surface area contributed by atoms with Gasteiger partial charge in [0, 0.05) is 17.6 Å². The number of hydrogen-bond acceptors (Lipinski definition) is 5. The quantitative estimate of drug-likeness (QED) is 0.456. The van der Waals surface area contributed by atoms with Gasteiger partial charge in [0.05, 0.1) is 19.1 Å². The van der Waals surface area contributed by atoms with E-state index in [0.29, 0.717) is 22.8 Å². The summed E-state index contributed by atoms with van der Waals surface area (Å²) in [5.74, 6) is -0.525. The van der Waals surface area contributed by atoms with Gasteiger partial charge in [-0.05, 0) is 43.5 Å². The molecule has 2 atom stereocenters. The Morgan fingerprint density at radius 3 is 2.26 bits per heavy atom. The summed E-state index contributed by atoms with van der Waals surface area (Å²) in [5.41, 5.74) is 0.890. The summed E-state index contributed by atoms with van der Waals surface area (Å²) in [6.07, 6.45) is 2.10. The second-order valence-electron chi connectivity index (χ2n) is 8.30. The van der Waals surface area contributed by atoms with E-state index in [1.807, 2.05) is 20.8 Å². The standard InChI is InChI=1S/C25H34ClN3O5S/c1-6-18(3)27-25(31)21(7-2)28(16-19-12-8-9-13-20(19)26)24(30)17-29(35(5,32)33)22-14-10-11-15-23(22)34-4/h8-15,18,21H,6-7,16-17H2,1-5H3,(H,27,31)/t18-,21+/m1/s1. The maximum absolute atomic E-state index is 13.7. The van der Waals surface area contributed by atoms with Gasteiger partial charge in [-0.25, -0.2) is 8.42 Å². The van der Waals surface area contributed by atoms with Crippen LogP contribution in [-0.4, -0.2) is 57.1 Å². The van der Waals surface area contributed by atoms with E-state index in [4.69, 9.17) is 16.3 Å². The summed E-state index contributed by atoms with van der Waals surface area (Å²) in [7, 11) is -2.43. The molecule has 0 radical (unpaired) electrons. The molecule has 2 rings (SSSR count). The highest BCUT2D eigenvalue weighted by molar-refractivity contribution is 7.92. The summed E-state index contributed by atoms with van der Waals surface area (Å²) in [4.78, 5) is 28.2. The minimum atomic E-state index is -3.86. The molecule has 0 fully saturated rings. The Morgan fingerprint density at radius 2 is 1.69 bits per heavy atom. The topological polar surface area (TPSA) is 96.0 Å². The molecule has 8 nitrogen and oxygen atoms in total. The summed E-state index contributed by atoms with van der Waals surface area (Å²) in [5, 5.41) is 3.38. The van der Waals surface area contributed by atoms with Crippen molar-refractivity contribution >= 4 is 39.1 Å². The van der Waals surface area contributed by atoms with Crippen molar-refractivity contribution in [2.75, 3.05) is 24.2 Å². The number of sulfonamides is 1. The van der Waals surface area contributed by atoms with Crippen LogP contribution in [-0.2, 0) is 26.2 Å². The number of amides is 2. The summed E-state index contributed by atoms with van der Waals surface area (Å²) in [6, 6.07) is 12.7. The molecule has 0 aliphatic carbocycles. The van der Waals surface area contributed by atoms with Crippen LogP contribution in [0.15, 0.2) is 48.5 Å². The Hall–Kier alpha value is -2.78. The van der Waals surface area contributed by atoms with Crippen LogP contribution in [0.4, 0.5) is 5.69 Å².